The van der Waals surface area contributed by atoms with Gasteiger partial charge in [-0.3, -0.25) is 9.59 Å². The van der Waals surface area contributed by atoms with Gasteiger partial charge in [-0.2, -0.15) is 5.10 Å². The minimum atomic E-state index is -0.282. The molecule has 1 N–H and O–H groups in total. The highest BCUT2D eigenvalue weighted by Crippen LogP contribution is 2.31. The number of rotatable bonds is 5. The van der Waals surface area contributed by atoms with Gasteiger partial charge in [0.25, 0.3) is 11.1 Å². The Kier molecular flexibility index (Phi) is 6.47. The first-order valence-electron chi connectivity index (χ1n) is 10.9. The number of nitrogens with zero attached hydrogens (tertiary/aromatic N) is 4. The van der Waals surface area contributed by atoms with Gasteiger partial charge in [0, 0.05) is 36.3 Å². The highest BCUT2D eigenvalue weighted by atomic mass is 32.2. The van der Waals surface area contributed by atoms with Gasteiger partial charge in [-0.15, -0.1) is 0 Å². The van der Waals surface area contributed by atoms with Crippen LogP contribution in [-0.4, -0.2) is 44.9 Å². The summed E-state index contributed by atoms with van der Waals surface area (Å²) in [7, 11) is 3.40. The fraction of sp³-hybridized carbons (Fsp3) is 0.280. The average Bonchev–Trinajstić information content (AvgIpc) is 3.35. The Morgan fingerprint density at radius 2 is 1.91 bits per heavy atom. The number of nitrogens with one attached hydrogen (secondary N) is 1. The summed E-state index contributed by atoms with van der Waals surface area (Å²) in [6.07, 6.45) is 1.68. The highest BCUT2D eigenvalue weighted by molar-refractivity contribution is 8.13. The fourth-order valence-electron chi connectivity index (χ4n) is 3.63. The third kappa shape index (κ3) is 4.70. The van der Waals surface area contributed by atoms with E-state index >= 15 is 0 Å². The lowest BCUT2D eigenvalue weighted by molar-refractivity contribution is 0.102. The van der Waals surface area contributed by atoms with Crippen molar-refractivity contribution in [3.05, 3.63) is 59.7 Å². The lowest BCUT2D eigenvalue weighted by atomic mass is 10.1. The summed E-state index contributed by atoms with van der Waals surface area (Å²) in [6.45, 7) is 7.80. The number of aryl methyl sites for hydroxylation is 2. The maximum atomic E-state index is 13.4. The lowest BCUT2D eigenvalue weighted by Gasteiger charge is -2.12. The molecule has 0 spiro atoms. The van der Waals surface area contributed by atoms with E-state index in [-0.39, 0.29) is 17.2 Å². The number of benzene rings is 1. The van der Waals surface area contributed by atoms with Crippen molar-refractivity contribution in [1.29, 1.82) is 0 Å². The van der Waals surface area contributed by atoms with E-state index in [9.17, 15) is 9.59 Å². The van der Waals surface area contributed by atoms with Crippen molar-refractivity contribution in [2.45, 2.75) is 38.6 Å². The first-order valence-corrected chi connectivity index (χ1v) is 11.7. The Morgan fingerprint density at radius 1 is 1.15 bits per heavy atom. The van der Waals surface area contributed by atoms with Crippen LogP contribution < -0.4 is 5.32 Å². The van der Waals surface area contributed by atoms with E-state index in [1.165, 1.54) is 4.90 Å². The Bertz CT molecular complexity index is 1390. The van der Waals surface area contributed by atoms with Gasteiger partial charge in [0.15, 0.2) is 5.65 Å². The molecule has 34 heavy (non-hydrogen) atoms. The van der Waals surface area contributed by atoms with E-state index in [1.54, 1.807) is 38.5 Å². The fourth-order valence-corrected chi connectivity index (χ4v) is 4.35. The molecule has 4 aromatic rings. The van der Waals surface area contributed by atoms with Gasteiger partial charge in [-0.25, -0.2) is 9.67 Å². The third-order valence-electron chi connectivity index (χ3n) is 5.28. The molecule has 0 radical (unpaired) electrons. The maximum Gasteiger partial charge on any atom is 0.285 e. The lowest BCUT2D eigenvalue weighted by Crippen LogP contribution is -2.16. The normalized spacial score (nSPS) is 11.3. The molecule has 2 amide bonds. The van der Waals surface area contributed by atoms with Crippen molar-refractivity contribution in [3.8, 4) is 11.3 Å². The van der Waals surface area contributed by atoms with E-state index in [1.807, 2.05) is 50.6 Å². The molecule has 9 heteroatoms. The van der Waals surface area contributed by atoms with Gasteiger partial charge in [-0.05, 0) is 69.8 Å². The van der Waals surface area contributed by atoms with Crippen LogP contribution in [0.2, 0.25) is 0 Å². The van der Waals surface area contributed by atoms with E-state index in [4.69, 9.17) is 9.40 Å². The second kappa shape index (κ2) is 9.34. The molecular formula is C25H27N5O3S. The molecule has 0 unspecified atom stereocenters. The number of thioether (sulfide) groups is 1. The van der Waals surface area contributed by atoms with Crippen LogP contribution in [-0.2, 0) is 0 Å². The number of pyridine rings is 1. The predicted molar refractivity (Wildman–Crippen MR) is 134 cm³/mol. The van der Waals surface area contributed by atoms with Gasteiger partial charge in [0.2, 0.25) is 0 Å². The largest absolute Gasteiger partial charge is 0.466 e. The van der Waals surface area contributed by atoms with Crippen LogP contribution in [0.25, 0.3) is 22.3 Å². The molecule has 176 valence electrons. The molecule has 0 aliphatic rings. The van der Waals surface area contributed by atoms with Gasteiger partial charge in [0.05, 0.1) is 22.8 Å². The molecule has 0 saturated carbocycles. The number of aromatic nitrogens is 3. The second-order valence-corrected chi connectivity index (χ2v) is 9.57. The molecule has 0 aliphatic heterocycles. The number of furan rings is 1. The predicted octanol–water partition coefficient (Wildman–Crippen LogP) is 5.92. The summed E-state index contributed by atoms with van der Waals surface area (Å²) in [5.74, 6) is 1.23. The molecular weight excluding hydrogens is 450 g/mol. The van der Waals surface area contributed by atoms with Crippen LogP contribution in [0.3, 0.4) is 0 Å². The van der Waals surface area contributed by atoms with E-state index in [0.717, 1.165) is 33.7 Å². The van der Waals surface area contributed by atoms with Crippen LogP contribution in [0.4, 0.5) is 10.5 Å². The topological polar surface area (TPSA) is 93.3 Å². The van der Waals surface area contributed by atoms with Gasteiger partial charge < -0.3 is 14.6 Å². The second-order valence-electron chi connectivity index (χ2n) is 8.55. The first kappa shape index (κ1) is 23.6. The Morgan fingerprint density at radius 3 is 2.56 bits per heavy atom. The minimum Gasteiger partial charge on any atom is -0.466 e. The maximum absolute atomic E-state index is 13.4. The molecule has 0 aliphatic carbocycles. The molecule has 1 aromatic carbocycles. The quantitative estimate of drug-likeness (QED) is 0.359. The van der Waals surface area contributed by atoms with Crippen LogP contribution in [0.15, 0.2) is 51.9 Å². The van der Waals surface area contributed by atoms with Crippen molar-refractivity contribution in [2.75, 3.05) is 19.4 Å². The molecule has 0 fully saturated rings. The summed E-state index contributed by atoms with van der Waals surface area (Å²) >= 11 is 1.10. The molecule has 3 aromatic heterocycles. The van der Waals surface area contributed by atoms with Crippen molar-refractivity contribution in [2.24, 2.45) is 0 Å². The van der Waals surface area contributed by atoms with Crippen LogP contribution in [0.5, 0.6) is 0 Å². The molecule has 8 nitrogen and oxygen atoms in total. The summed E-state index contributed by atoms with van der Waals surface area (Å²) < 4.78 is 7.51. The van der Waals surface area contributed by atoms with Gasteiger partial charge in [0.1, 0.15) is 11.5 Å². The summed E-state index contributed by atoms with van der Waals surface area (Å²) in [5.41, 5.74) is 3.19. The zero-order valence-electron chi connectivity index (χ0n) is 20.0. The van der Waals surface area contributed by atoms with Gasteiger partial charge >= 0.3 is 0 Å². The Hall–Kier alpha value is -3.59. The van der Waals surface area contributed by atoms with Crippen molar-refractivity contribution < 1.29 is 14.0 Å². The van der Waals surface area contributed by atoms with Crippen molar-refractivity contribution >= 4 is 39.6 Å². The summed E-state index contributed by atoms with van der Waals surface area (Å²) in [4.78, 5) is 32.6. The number of hydrogen-bond acceptors (Lipinski definition) is 6. The smallest absolute Gasteiger partial charge is 0.285 e. The molecule has 4 rings (SSSR count). The average molecular weight is 478 g/mol. The van der Waals surface area contributed by atoms with E-state index in [0.29, 0.717) is 28.0 Å². The number of fused-ring (bicyclic) bond motifs is 1. The minimum absolute atomic E-state index is 0.0753. The first-order chi connectivity index (χ1) is 16.1. The van der Waals surface area contributed by atoms with Crippen LogP contribution >= 0.6 is 11.8 Å². The Labute approximate surface area is 202 Å². The number of anilines is 1. The van der Waals surface area contributed by atoms with Gasteiger partial charge in [-0.1, -0.05) is 6.07 Å². The standard InChI is InChI=1S/C25H27N5O3S/c1-14(2)30-23-21(13-26-30)20(12-22(28-23)19-10-15(3)33-16(19)4)24(31)27-17-8-7-9-18(11-17)34-25(32)29(5)6/h7-14H,1-6H3,(H,27,31). The number of amides is 2. The van der Waals surface area contributed by atoms with E-state index < -0.39 is 0 Å². The molecule has 0 saturated heterocycles. The third-order valence-corrected chi connectivity index (χ3v) is 6.31. The molecule has 0 bridgehead atoms. The number of carbonyl (C=O) groups excluding carboxylic acids is 2. The number of carbonyl (C=O) groups is 2. The highest BCUT2D eigenvalue weighted by Gasteiger charge is 2.20. The number of hydrogen-bond donors (Lipinski definition) is 1. The zero-order chi connectivity index (χ0) is 24.6. The monoisotopic (exact) mass is 477 g/mol. The molecule has 3 heterocycles. The van der Waals surface area contributed by atoms with E-state index in [2.05, 4.69) is 10.4 Å². The SMILES string of the molecule is Cc1cc(-c2cc(C(=O)Nc3cccc(SC(=O)N(C)C)c3)c3cnn(C(C)C)c3n2)c(C)o1. The van der Waals surface area contributed by atoms with Crippen LogP contribution in [0.1, 0.15) is 41.8 Å². The van der Waals surface area contributed by atoms with Crippen molar-refractivity contribution in [3.63, 3.8) is 0 Å². The summed E-state index contributed by atoms with van der Waals surface area (Å²) in [6, 6.07) is 11.0. The van der Waals surface area contributed by atoms with Crippen LogP contribution in [0, 0.1) is 13.8 Å². The molecule has 0 atom stereocenters. The van der Waals surface area contributed by atoms with Crippen molar-refractivity contribution in [1.82, 2.24) is 19.7 Å². The summed E-state index contributed by atoms with van der Waals surface area (Å²) in [5, 5.41) is 8.02. The zero-order valence-corrected chi connectivity index (χ0v) is 20.9. The Balaban J connectivity index is 1.74.